The largest absolute Gasteiger partial charge is 0.463 e. The van der Waals surface area contributed by atoms with Gasteiger partial charge >= 0.3 is 12.1 Å². The predicted molar refractivity (Wildman–Crippen MR) is 107 cm³/mol. The molecule has 2 aliphatic heterocycles. The predicted octanol–water partition coefficient (Wildman–Crippen LogP) is 3.37. The van der Waals surface area contributed by atoms with Crippen molar-refractivity contribution in [2.75, 3.05) is 19.7 Å². The van der Waals surface area contributed by atoms with Gasteiger partial charge in [-0.25, -0.2) is 9.59 Å². The highest BCUT2D eigenvalue weighted by Crippen LogP contribution is 2.36. The van der Waals surface area contributed by atoms with Crippen LogP contribution in [0.1, 0.15) is 39.7 Å². The normalized spacial score (nSPS) is 23.7. The molecule has 1 aromatic rings. The van der Waals surface area contributed by atoms with Crippen LogP contribution in [0.2, 0.25) is 0 Å². The Kier molecular flexibility index (Phi) is 6.08. The highest BCUT2D eigenvalue weighted by Gasteiger charge is 2.47. The first-order valence-electron chi connectivity index (χ1n) is 9.91. The van der Waals surface area contributed by atoms with Gasteiger partial charge in [-0.15, -0.1) is 0 Å². The second-order valence-corrected chi connectivity index (χ2v) is 8.41. The van der Waals surface area contributed by atoms with Crippen LogP contribution in [0.25, 0.3) is 0 Å². The summed E-state index contributed by atoms with van der Waals surface area (Å²) in [4.78, 5) is 29.0. The third-order valence-electron chi connectivity index (χ3n) is 4.97. The molecule has 6 nitrogen and oxygen atoms in total. The van der Waals surface area contributed by atoms with Gasteiger partial charge in [-0.1, -0.05) is 30.3 Å². The van der Waals surface area contributed by atoms with E-state index >= 15 is 0 Å². The van der Waals surface area contributed by atoms with Crippen molar-refractivity contribution in [3.8, 4) is 0 Å². The Morgan fingerprint density at radius 1 is 1.18 bits per heavy atom. The van der Waals surface area contributed by atoms with Gasteiger partial charge in [0.2, 0.25) is 0 Å². The van der Waals surface area contributed by atoms with Gasteiger partial charge in [-0.2, -0.15) is 0 Å². The minimum absolute atomic E-state index is 0.00186. The molecule has 3 rings (SSSR count). The van der Waals surface area contributed by atoms with Gasteiger partial charge < -0.3 is 9.47 Å². The Labute approximate surface area is 167 Å². The van der Waals surface area contributed by atoms with Crippen molar-refractivity contribution in [1.82, 2.24) is 9.80 Å². The summed E-state index contributed by atoms with van der Waals surface area (Å²) in [6.07, 6.45) is 1.93. The first-order valence-corrected chi connectivity index (χ1v) is 9.91. The number of carbonyl (C=O) groups is 2. The zero-order valence-electron chi connectivity index (χ0n) is 17.2. The van der Waals surface area contributed by atoms with Crippen molar-refractivity contribution in [2.45, 2.75) is 58.3 Å². The first-order chi connectivity index (χ1) is 13.3. The van der Waals surface area contributed by atoms with E-state index in [1.807, 2.05) is 43.9 Å². The van der Waals surface area contributed by atoms with Crippen molar-refractivity contribution >= 4 is 12.1 Å². The number of amides is 1. The topological polar surface area (TPSA) is 59.1 Å². The molecule has 0 spiro atoms. The van der Waals surface area contributed by atoms with Gasteiger partial charge in [0.1, 0.15) is 5.60 Å². The van der Waals surface area contributed by atoms with E-state index in [-0.39, 0.29) is 24.1 Å². The molecule has 2 atom stereocenters. The molecule has 6 heteroatoms. The number of rotatable bonds is 4. The van der Waals surface area contributed by atoms with Crippen LogP contribution < -0.4 is 0 Å². The van der Waals surface area contributed by atoms with Crippen LogP contribution in [-0.4, -0.2) is 59.2 Å². The van der Waals surface area contributed by atoms with Gasteiger partial charge in [-0.05, 0) is 45.3 Å². The maximum atomic E-state index is 12.8. The second kappa shape index (κ2) is 8.35. The van der Waals surface area contributed by atoms with E-state index in [0.717, 1.165) is 18.7 Å². The molecule has 2 saturated heterocycles. The Morgan fingerprint density at radius 2 is 1.89 bits per heavy atom. The summed E-state index contributed by atoms with van der Waals surface area (Å²) in [5.74, 6) is -0.344. The number of carbonyl (C=O) groups excluding carboxylic acids is 2. The Morgan fingerprint density at radius 3 is 2.54 bits per heavy atom. The lowest BCUT2D eigenvalue weighted by Crippen LogP contribution is -2.56. The van der Waals surface area contributed by atoms with Gasteiger partial charge in [0.15, 0.2) is 0 Å². The monoisotopic (exact) mass is 386 g/mol. The summed E-state index contributed by atoms with van der Waals surface area (Å²) in [5, 5.41) is 0. The third kappa shape index (κ3) is 4.93. The summed E-state index contributed by atoms with van der Waals surface area (Å²) < 4.78 is 10.7. The minimum Gasteiger partial charge on any atom is -0.463 e. The molecule has 2 bridgehead atoms. The van der Waals surface area contributed by atoms with Crippen molar-refractivity contribution < 1.29 is 19.1 Å². The molecule has 2 aliphatic rings. The summed E-state index contributed by atoms with van der Waals surface area (Å²) >= 11 is 0. The smallest absolute Gasteiger partial charge is 0.411 e. The average Bonchev–Trinajstić information content (AvgIpc) is 2.82. The van der Waals surface area contributed by atoms with E-state index in [2.05, 4.69) is 17.0 Å². The van der Waals surface area contributed by atoms with Crippen LogP contribution in [0.4, 0.5) is 4.79 Å². The number of likely N-dealkylation sites (tertiary alicyclic amines) is 1. The number of piperazine rings is 1. The van der Waals surface area contributed by atoms with Crippen LogP contribution in [0.3, 0.4) is 0 Å². The number of ether oxygens (including phenoxy) is 2. The number of nitrogens with zero attached hydrogens (tertiary/aromatic N) is 2. The van der Waals surface area contributed by atoms with Crippen LogP contribution in [0, 0.1) is 0 Å². The van der Waals surface area contributed by atoms with Crippen molar-refractivity contribution in [1.29, 1.82) is 0 Å². The highest BCUT2D eigenvalue weighted by molar-refractivity contribution is 5.83. The lowest BCUT2D eigenvalue weighted by atomic mass is 10.1. The van der Waals surface area contributed by atoms with Crippen LogP contribution in [0.15, 0.2) is 42.0 Å². The molecule has 1 aromatic carbocycles. The molecule has 0 radical (unpaired) electrons. The Bertz CT molecular complexity index is 739. The molecule has 2 fully saturated rings. The fraction of sp³-hybridized carbons (Fsp3) is 0.545. The van der Waals surface area contributed by atoms with Crippen molar-refractivity contribution in [2.24, 2.45) is 0 Å². The standard InChI is InChI=1S/C22H30N2O4/c1-5-27-20(25)12-17-11-18-14-23(13-16-9-7-6-8-10-16)15-19(17)24(18)21(26)28-22(2,3)4/h6-10,12,18-19H,5,11,13-15H2,1-4H3/t18-,19-/m1/s1. The van der Waals surface area contributed by atoms with E-state index in [1.54, 1.807) is 13.0 Å². The van der Waals surface area contributed by atoms with Crippen molar-refractivity contribution in [3.05, 3.63) is 47.5 Å². The fourth-order valence-electron chi connectivity index (χ4n) is 3.97. The third-order valence-corrected chi connectivity index (χ3v) is 4.97. The first kappa shape index (κ1) is 20.4. The van der Waals surface area contributed by atoms with E-state index in [1.165, 1.54) is 5.56 Å². The van der Waals surface area contributed by atoms with Gasteiger partial charge in [0, 0.05) is 25.7 Å². The van der Waals surface area contributed by atoms with Gasteiger partial charge in [0.25, 0.3) is 0 Å². The molecule has 2 heterocycles. The van der Waals surface area contributed by atoms with Crippen LogP contribution in [0.5, 0.6) is 0 Å². The molecule has 152 valence electrons. The van der Waals surface area contributed by atoms with E-state index in [0.29, 0.717) is 19.6 Å². The highest BCUT2D eigenvalue weighted by atomic mass is 16.6. The molecule has 0 saturated carbocycles. The molecular weight excluding hydrogens is 356 g/mol. The maximum absolute atomic E-state index is 12.8. The molecule has 0 aromatic heterocycles. The van der Waals surface area contributed by atoms with Crippen LogP contribution >= 0.6 is 0 Å². The number of fused-ring (bicyclic) bond motifs is 2. The zero-order valence-corrected chi connectivity index (χ0v) is 17.2. The van der Waals surface area contributed by atoms with E-state index in [4.69, 9.17) is 9.47 Å². The molecule has 0 N–H and O–H groups in total. The lowest BCUT2D eigenvalue weighted by molar-refractivity contribution is -0.137. The number of hydrogen-bond acceptors (Lipinski definition) is 5. The molecule has 0 aliphatic carbocycles. The summed E-state index contributed by atoms with van der Waals surface area (Å²) in [6.45, 7) is 9.99. The zero-order chi connectivity index (χ0) is 20.3. The summed E-state index contributed by atoms with van der Waals surface area (Å²) in [6, 6.07) is 10.1. The maximum Gasteiger partial charge on any atom is 0.411 e. The fourth-order valence-corrected chi connectivity index (χ4v) is 3.97. The van der Waals surface area contributed by atoms with Gasteiger partial charge in [-0.3, -0.25) is 9.80 Å². The molecule has 1 amide bonds. The molecular formula is C22H30N2O4. The summed E-state index contributed by atoms with van der Waals surface area (Å²) in [5.41, 5.74) is 1.64. The minimum atomic E-state index is -0.553. The second-order valence-electron chi connectivity index (χ2n) is 8.41. The van der Waals surface area contributed by atoms with Gasteiger partial charge in [0.05, 0.1) is 18.7 Å². The molecule has 28 heavy (non-hydrogen) atoms. The number of benzene rings is 1. The Balaban J connectivity index is 1.80. The lowest BCUT2D eigenvalue weighted by Gasteiger charge is -2.41. The Hall–Kier alpha value is -2.34. The average molecular weight is 386 g/mol. The quantitative estimate of drug-likeness (QED) is 0.587. The van der Waals surface area contributed by atoms with Crippen LogP contribution in [-0.2, 0) is 20.8 Å². The van der Waals surface area contributed by atoms with E-state index in [9.17, 15) is 9.59 Å². The SMILES string of the molecule is CCOC(=O)C=C1C[C@@H]2CN(Cc3ccccc3)C[C@H]1N2C(=O)OC(C)(C)C. The van der Waals surface area contributed by atoms with Crippen molar-refractivity contribution in [3.63, 3.8) is 0 Å². The number of hydrogen-bond donors (Lipinski definition) is 0. The summed E-state index contributed by atoms with van der Waals surface area (Å²) in [7, 11) is 0. The van der Waals surface area contributed by atoms with E-state index < -0.39 is 5.60 Å². The number of esters is 1. The molecule has 0 unspecified atom stereocenters.